The highest BCUT2D eigenvalue weighted by atomic mass is 16.3. The first kappa shape index (κ1) is 16.1. The van der Waals surface area contributed by atoms with E-state index >= 15 is 0 Å². The Kier molecular flexibility index (Phi) is 4.77. The van der Waals surface area contributed by atoms with Crippen LogP contribution in [0.25, 0.3) is 11.0 Å². The first-order chi connectivity index (χ1) is 9.89. The molecule has 0 bridgehead atoms. The number of hydrogen-bond donors (Lipinski definition) is 1. The number of fused-ring (bicyclic) bond motifs is 1. The lowest BCUT2D eigenvalue weighted by Crippen LogP contribution is -2.15. The van der Waals surface area contributed by atoms with Crippen LogP contribution in [0.2, 0.25) is 0 Å². The molecule has 0 saturated heterocycles. The van der Waals surface area contributed by atoms with Crippen molar-refractivity contribution in [3.05, 3.63) is 35.1 Å². The van der Waals surface area contributed by atoms with Gasteiger partial charge in [0.1, 0.15) is 11.3 Å². The summed E-state index contributed by atoms with van der Waals surface area (Å²) in [5.41, 5.74) is 4.01. The fraction of sp³-hybridized carbons (Fsp3) is 0.579. The predicted molar refractivity (Wildman–Crippen MR) is 90.8 cm³/mol. The number of benzene rings is 1. The van der Waals surface area contributed by atoms with Gasteiger partial charge in [0.2, 0.25) is 0 Å². The molecule has 1 N–H and O–H groups in total. The maximum Gasteiger partial charge on any atom is 0.134 e. The van der Waals surface area contributed by atoms with Gasteiger partial charge in [0.15, 0.2) is 0 Å². The van der Waals surface area contributed by atoms with E-state index in [2.05, 4.69) is 58.1 Å². The smallest absolute Gasteiger partial charge is 0.134 e. The molecule has 0 spiro atoms. The van der Waals surface area contributed by atoms with E-state index in [4.69, 9.17) is 4.42 Å². The highest BCUT2D eigenvalue weighted by molar-refractivity contribution is 5.83. The van der Waals surface area contributed by atoms with Crippen molar-refractivity contribution in [2.45, 2.75) is 59.4 Å². The number of furan rings is 1. The van der Waals surface area contributed by atoms with E-state index in [-0.39, 0.29) is 5.41 Å². The molecular formula is C19H29NO. The molecule has 0 aliphatic carbocycles. The van der Waals surface area contributed by atoms with Crippen LogP contribution < -0.4 is 5.32 Å². The van der Waals surface area contributed by atoms with Crippen LogP contribution in [0.3, 0.4) is 0 Å². The van der Waals surface area contributed by atoms with Crippen LogP contribution in [0, 0.1) is 5.92 Å². The van der Waals surface area contributed by atoms with Gasteiger partial charge in [-0.3, -0.25) is 0 Å². The molecular weight excluding hydrogens is 258 g/mol. The minimum atomic E-state index is 0.212. The zero-order chi connectivity index (χ0) is 15.6. The van der Waals surface area contributed by atoms with Gasteiger partial charge in [0, 0.05) is 10.9 Å². The van der Waals surface area contributed by atoms with Gasteiger partial charge < -0.3 is 9.73 Å². The van der Waals surface area contributed by atoms with Crippen LogP contribution in [0.1, 0.15) is 57.9 Å². The first-order valence-electron chi connectivity index (χ1n) is 8.08. The Bertz CT molecular complexity index is 607. The highest BCUT2D eigenvalue weighted by Crippen LogP contribution is 2.34. The monoisotopic (exact) mass is 287 g/mol. The van der Waals surface area contributed by atoms with Crippen molar-refractivity contribution in [3.63, 3.8) is 0 Å². The van der Waals surface area contributed by atoms with Crippen molar-refractivity contribution < 1.29 is 4.42 Å². The number of rotatable bonds is 6. The molecule has 1 aromatic carbocycles. The first-order valence-corrected chi connectivity index (χ1v) is 8.08. The van der Waals surface area contributed by atoms with Crippen molar-refractivity contribution >= 4 is 11.0 Å². The van der Waals surface area contributed by atoms with Crippen molar-refractivity contribution in [1.29, 1.82) is 0 Å². The minimum absolute atomic E-state index is 0.212. The number of hydrogen-bond acceptors (Lipinski definition) is 2. The second-order valence-corrected chi connectivity index (χ2v) is 7.08. The van der Waals surface area contributed by atoms with E-state index in [1.165, 1.54) is 16.5 Å². The van der Waals surface area contributed by atoms with Gasteiger partial charge in [-0.1, -0.05) is 40.7 Å². The summed E-state index contributed by atoms with van der Waals surface area (Å²) in [5.74, 6) is 1.72. The Morgan fingerprint density at radius 2 is 1.95 bits per heavy atom. The lowest BCUT2D eigenvalue weighted by Gasteiger charge is -2.23. The molecule has 2 nitrogen and oxygen atoms in total. The number of nitrogens with one attached hydrogen (secondary N) is 1. The molecule has 0 amide bonds. The van der Waals surface area contributed by atoms with E-state index in [0.29, 0.717) is 5.92 Å². The second kappa shape index (κ2) is 6.23. The highest BCUT2D eigenvalue weighted by Gasteiger charge is 2.21. The van der Waals surface area contributed by atoms with E-state index in [1.807, 2.05) is 7.05 Å². The van der Waals surface area contributed by atoms with Crippen molar-refractivity contribution in [3.8, 4) is 0 Å². The second-order valence-electron chi connectivity index (χ2n) is 7.08. The van der Waals surface area contributed by atoms with Gasteiger partial charge in [-0.2, -0.15) is 0 Å². The summed E-state index contributed by atoms with van der Waals surface area (Å²) in [6, 6.07) is 6.71. The van der Waals surface area contributed by atoms with Crippen LogP contribution in [0.4, 0.5) is 0 Å². The van der Waals surface area contributed by atoms with Gasteiger partial charge in [-0.05, 0) is 48.9 Å². The standard InChI is InChI=1S/C19H29NO/c1-7-19(4,5)14-8-9-17-16(11-14)15(10-13(2)3)18(21-17)12-20-6/h8-9,11,13,20H,7,10,12H2,1-6H3. The zero-order valence-electron chi connectivity index (χ0n) is 14.3. The van der Waals surface area contributed by atoms with Crippen LogP contribution >= 0.6 is 0 Å². The summed E-state index contributed by atoms with van der Waals surface area (Å²) in [5, 5.41) is 4.52. The maximum absolute atomic E-state index is 6.08. The van der Waals surface area contributed by atoms with Crippen LogP contribution in [-0.2, 0) is 18.4 Å². The molecule has 1 heterocycles. The average Bonchev–Trinajstić information content (AvgIpc) is 2.76. The molecule has 116 valence electrons. The Hall–Kier alpha value is -1.28. The molecule has 2 rings (SSSR count). The van der Waals surface area contributed by atoms with Gasteiger partial charge in [-0.15, -0.1) is 0 Å². The molecule has 0 fully saturated rings. The van der Waals surface area contributed by atoms with Crippen molar-refractivity contribution in [2.24, 2.45) is 5.92 Å². The van der Waals surface area contributed by atoms with Crippen LogP contribution in [0.5, 0.6) is 0 Å². The molecule has 0 radical (unpaired) electrons. The van der Waals surface area contributed by atoms with Crippen LogP contribution in [0.15, 0.2) is 22.6 Å². The molecule has 0 unspecified atom stereocenters. The molecule has 0 saturated carbocycles. The fourth-order valence-electron chi connectivity index (χ4n) is 2.76. The Balaban J connectivity index is 2.58. The van der Waals surface area contributed by atoms with Gasteiger partial charge in [0.25, 0.3) is 0 Å². The molecule has 0 aliphatic rings. The SMILES string of the molecule is CCC(C)(C)c1ccc2oc(CNC)c(CC(C)C)c2c1. The van der Waals surface area contributed by atoms with E-state index in [0.717, 1.165) is 30.7 Å². The van der Waals surface area contributed by atoms with Crippen LogP contribution in [-0.4, -0.2) is 7.05 Å². The Labute approximate surface area is 128 Å². The normalized spacial score (nSPS) is 12.5. The predicted octanol–water partition coefficient (Wildman–Crippen LogP) is 5.04. The lowest BCUT2D eigenvalue weighted by molar-refractivity contribution is 0.505. The van der Waals surface area contributed by atoms with Gasteiger partial charge in [-0.25, -0.2) is 0 Å². The summed E-state index contributed by atoms with van der Waals surface area (Å²) < 4.78 is 6.08. The Morgan fingerprint density at radius 1 is 1.24 bits per heavy atom. The molecule has 2 aromatic rings. The quantitative estimate of drug-likeness (QED) is 0.805. The molecule has 21 heavy (non-hydrogen) atoms. The zero-order valence-corrected chi connectivity index (χ0v) is 14.3. The maximum atomic E-state index is 6.08. The lowest BCUT2D eigenvalue weighted by atomic mass is 9.81. The van der Waals surface area contributed by atoms with Gasteiger partial charge in [0.05, 0.1) is 6.54 Å². The molecule has 0 atom stereocenters. The third-order valence-electron chi connectivity index (χ3n) is 4.49. The van der Waals surface area contributed by atoms with E-state index < -0.39 is 0 Å². The Morgan fingerprint density at radius 3 is 2.52 bits per heavy atom. The summed E-state index contributed by atoms with van der Waals surface area (Å²) in [4.78, 5) is 0. The third kappa shape index (κ3) is 3.32. The summed E-state index contributed by atoms with van der Waals surface area (Å²) in [6.07, 6.45) is 2.21. The summed E-state index contributed by atoms with van der Waals surface area (Å²) in [7, 11) is 1.97. The minimum Gasteiger partial charge on any atom is -0.459 e. The van der Waals surface area contributed by atoms with E-state index in [1.54, 1.807) is 0 Å². The topological polar surface area (TPSA) is 25.2 Å². The molecule has 0 aliphatic heterocycles. The largest absolute Gasteiger partial charge is 0.459 e. The fourth-order valence-corrected chi connectivity index (χ4v) is 2.76. The average molecular weight is 287 g/mol. The summed E-state index contributed by atoms with van der Waals surface area (Å²) in [6.45, 7) is 12.2. The third-order valence-corrected chi connectivity index (χ3v) is 4.49. The van der Waals surface area contributed by atoms with Crippen molar-refractivity contribution in [1.82, 2.24) is 5.32 Å². The molecule has 2 heteroatoms. The van der Waals surface area contributed by atoms with E-state index in [9.17, 15) is 0 Å². The molecule has 1 aromatic heterocycles. The van der Waals surface area contributed by atoms with Gasteiger partial charge >= 0.3 is 0 Å². The van der Waals surface area contributed by atoms with Crippen molar-refractivity contribution in [2.75, 3.05) is 7.05 Å². The summed E-state index contributed by atoms with van der Waals surface area (Å²) >= 11 is 0.